The molecule has 0 amide bonds. The van der Waals surface area contributed by atoms with E-state index in [-0.39, 0.29) is 12.4 Å². The van der Waals surface area contributed by atoms with Gasteiger partial charge in [0.2, 0.25) is 0 Å². The zero-order valence-electron chi connectivity index (χ0n) is 2.14. The van der Waals surface area contributed by atoms with Crippen molar-refractivity contribution < 1.29 is 22.3 Å². The van der Waals surface area contributed by atoms with Crippen LogP contribution < -0.4 is 5.11 Å². The van der Waals surface area contributed by atoms with E-state index in [2.05, 4.69) is 11.6 Å². The van der Waals surface area contributed by atoms with Gasteiger partial charge in [-0.25, -0.2) is 0 Å². The molecule has 0 radical (unpaired) electrons. The highest BCUT2D eigenvalue weighted by Crippen LogP contribution is 1.60. The van der Waals surface area contributed by atoms with Crippen LogP contribution in [0.3, 0.4) is 0 Å². The molecule has 32 valence electrons. The Balaban J connectivity index is 0. The minimum atomic E-state index is -1.61. The molecule has 0 unspecified atom stereocenters. The van der Waals surface area contributed by atoms with Gasteiger partial charge in [-0.05, 0) is 0 Å². The molecule has 0 aliphatic rings. The summed E-state index contributed by atoms with van der Waals surface area (Å²) in [5, 5.41) is 8.65. The van der Waals surface area contributed by atoms with Crippen molar-refractivity contribution >= 4 is 17.0 Å². The van der Waals surface area contributed by atoms with Gasteiger partial charge in [-0.3, -0.25) is 0 Å². The summed E-state index contributed by atoms with van der Waals surface area (Å²) in [4.78, 5) is 8.65. The maximum absolute atomic E-state index is 8.65. The number of carbonyl (C=O) groups is 1. The molecule has 0 saturated heterocycles. The summed E-state index contributed by atoms with van der Waals surface area (Å²) in [6, 6.07) is 0. The molecule has 0 aromatic carbocycles. The minimum Gasteiger partial charge on any atom is -0.534 e. The van der Waals surface area contributed by atoms with Crippen LogP contribution in [0.1, 0.15) is 0 Å². The summed E-state index contributed by atoms with van der Waals surface area (Å²) in [6.45, 7) is 0. The topological polar surface area (TPSA) is 40.1 Å². The van der Waals surface area contributed by atoms with Crippen LogP contribution in [-0.4, -0.2) is 5.43 Å². The number of carbonyl (C=O) groups excluding carboxylic acids is 1. The molecular weight excluding hydrogens is 115 g/mol. The van der Waals surface area contributed by atoms with Gasteiger partial charge in [0.1, 0.15) is 5.43 Å². The third-order valence-corrected chi connectivity index (χ3v) is 0. The summed E-state index contributed by atoms with van der Waals surface area (Å²) in [7, 11) is 0. The van der Waals surface area contributed by atoms with Crippen molar-refractivity contribution in [2.24, 2.45) is 0 Å². The largest absolute Gasteiger partial charge is 0.534 e. The van der Waals surface area contributed by atoms with Crippen molar-refractivity contribution in [3.63, 3.8) is 0 Å². The van der Waals surface area contributed by atoms with E-state index in [0.717, 1.165) is 0 Å². The van der Waals surface area contributed by atoms with Crippen molar-refractivity contribution in [2.45, 2.75) is 0 Å². The average Bonchev–Trinajstić information content (AvgIpc) is 0.811. The van der Waals surface area contributed by atoms with Crippen LogP contribution in [0.15, 0.2) is 0 Å². The fraction of sp³-hybridized carbons (Fsp3) is 0. The first-order valence-corrected chi connectivity index (χ1v) is 0.975. The van der Waals surface area contributed by atoms with Crippen LogP contribution in [0.5, 0.6) is 0 Å². The molecule has 0 rings (SSSR count). The van der Waals surface area contributed by atoms with E-state index in [0.29, 0.717) is 0 Å². The first-order chi connectivity index (χ1) is 1.73. The molecule has 0 aromatic heterocycles. The number of hydrogen-bond acceptors (Lipinski definition) is 2. The predicted octanol–water partition coefficient (Wildman–Crippen LogP) is -0.967. The first-order valence-electron chi connectivity index (χ1n) is 0.597. The van der Waals surface area contributed by atoms with E-state index in [1.807, 2.05) is 0 Å². The fourth-order valence-electron chi connectivity index (χ4n) is 0. The Morgan fingerprint density at radius 1 is 1.80 bits per heavy atom. The molecule has 0 heterocycles. The standard InChI is InChI=1S/CHClO2.ClH2/c2-1(3)4;/h(H,3,4);1H2/q;+1/p-1. The van der Waals surface area contributed by atoms with Crippen molar-refractivity contribution in [3.8, 4) is 0 Å². The number of carboxylic acid groups (broad SMARTS) is 1. The predicted molar refractivity (Wildman–Crippen MR) is 14.0 cm³/mol. The highest BCUT2D eigenvalue weighted by Gasteiger charge is 1.51. The quantitative estimate of drug-likeness (QED) is 0.383. The lowest BCUT2D eigenvalue weighted by Crippen LogP contribution is -2.11. The van der Waals surface area contributed by atoms with Crippen molar-refractivity contribution in [1.29, 1.82) is 0 Å². The summed E-state index contributed by atoms with van der Waals surface area (Å²) in [6.07, 6.45) is 0. The Hall–Kier alpha value is 0.0500. The zero-order valence-corrected chi connectivity index (χ0v) is 3.79. The normalized spacial score (nSPS) is 5.00. The van der Waals surface area contributed by atoms with Crippen LogP contribution in [-0.2, 0) is 0 Å². The van der Waals surface area contributed by atoms with Crippen molar-refractivity contribution in [1.82, 2.24) is 0 Å². The van der Waals surface area contributed by atoms with Gasteiger partial charge in [0.25, 0.3) is 0 Å². The second-order valence-corrected chi connectivity index (χ2v) is 0.546. The molecule has 0 N–H and O–H groups in total. The monoisotopic (exact) mass is 116 g/mol. The van der Waals surface area contributed by atoms with Crippen LogP contribution in [0.2, 0.25) is 0 Å². The Kier molecular flexibility index (Phi) is 7.21. The maximum atomic E-state index is 8.65. The lowest BCUT2D eigenvalue weighted by atomic mass is 11.6. The molecule has 0 aliphatic heterocycles. The average molecular weight is 117 g/mol. The Morgan fingerprint density at radius 2 is 1.80 bits per heavy atom. The van der Waals surface area contributed by atoms with Crippen LogP contribution in [0, 0.1) is 12.4 Å². The van der Waals surface area contributed by atoms with E-state index >= 15 is 0 Å². The molecule has 0 fully saturated rings. The van der Waals surface area contributed by atoms with E-state index < -0.39 is 5.43 Å². The van der Waals surface area contributed by atoms with Gasteiger partial charge in [-0.2, -0.15) is 0 Å². The van der Waals surface area contributed by atoms with Crippen LogP contribution in [0.25, 0.3) is 0 Å². The van der Waals surface area contributed by atoms with E-state index in [4.69, 9.17) is 9.90 Å². The second kappa shape index (κ2) is 4.05. The van der Waals surface area contributed by atoms with Crippen LogP contribution in [0.4, 0.5) is 4.79 Å². The minimum absolute atomic E-state index is 0. The molecule has 0 bridgehead atoms. The van der Waals surface area contributed by atoms with Gasteiger partial charge in [-0.1, -0.05) is 11.6 Å². The second-order valence-electron chi connectivity index (χ2n) is 0.238. The summed E-state index contributed by atoms with van der Waals surface area (Å²) >= 11 is 4.08. The zero-order chi connectivity index (χ0) is 3.58. The molecule has 0 aliphatic carbocycles. The number of rotatable bonds is 0. The van der Waals surface area contributed by atoms with Crippen molar-refractivity contribution in [3.05, 3.63) is 0 Å². The molecule has 0 saturated carbocycles. The number of hydrogen-bond donors (Lipinski definition) is 0. The van der Waals surface area contributed by atoms with Gasteiger partial charge in [-0.15, -0.1) is 0 Å². The van der Waals surface area contributed by atoms with E-state index in [1.54, 1.807) is 0 Å². The van der Waals surface area contributed by atoms with E-state index in [9.17, 15) is 0 Å². The summed E-state index contributed by atoms with van der Waals surface area (Å²) in [5.41, 5.74) is -1.61. The molecule has 2 nitrogen and oxygen atoms in total. The lowest BCUT2D eigenvalue weighted by Gasteiger charge is -1.73. The maximum Gasteiger partial charge on any atom is 0.134 e. The van der Waals surface area contributed by atoms with Gasteiger partial charge in [0.15, 0.2) is 0 Å². The van der Waals surface area contributed by atoms with Gasteiger partial charge >= 0.3 is 0 Å². The van der Waals surface area contributed by atoms with E-state index in [1.165, 1.54) is 0 Å². The molecule has 0 spiro atoms. The van der Waals surface area contributed by atoms with Crippen LogP contribution >= 0.6 is 11.6 Å². The van der Waals surface area contributed by atoms with Gasteiger partial charge in [0, 0.05) is 0 Å². The van der Waals surface area contributed by atoms with Gasteiger partial charge in [0.05, 0.1) is 12.4 Å². The molecular formula is CH2Cl2O2. The smallest absolute Gasteiger partial charge is 0.134 e. The summed E-state index contributed by atoms with van der Waals surface area (Å²) < 4.78 is 0. The van der Waals surface area contributed by atoms with Gasteiger partial charge < -0.3 is 9.90 Å². The first kappa shape index (κ1) is 8.90. The van der Waals surface area contributed by atoms with Crippen molar-refractivity contribution in [2.75, 3.05) is 0 Å². The fourth-order valence-corrected chi connectivity index (χ4v) is 0. The lowest BCUT2D eigenvalue weighted by molar-refractivity contribution is -0.233. The third kappa shape index (κ3) is 6810. The molecule has 0 atom stereocenters. The Labute approximate surface area is 40.2 Å². The molecule has 4 heteroatoms. The Morgan fingerprint density at radius 3 is 1.80 bits per heavy atom. The molecule has 0 aromatic rings. The number of halogens is 2. The Bertz CT molecular complexity index is 30.6. The SMILES string of the molecule is O=C([O-])Cl.[ClH2+]. The summed E-state index contributed by atoms with van der Waals surface area (Å²) in [5.74, 6) is 0. The highest BCUT2D eigenvalue weighted by atomic mass is 35.5. The molecule has 5 heavy (non-hydrogen) atoms. The highest BCUT2D eigenvalue weighted by molar-refractivity contribution is 6.59. The third-order valence-electron chi connectivity index (χ3n) is 0.